The Labute approximate surface area is 168 Å². The molecule has 8 nitrogen and oxygen atoms in total. The van der Waals surface area contributed by atoms with Crippen LogP contribution in [0.2, 0.25) is 0 Å². The SMILES string of the molecule is CC(Sc1ccc(S(=O)(=O)N2CCCC2)cn1)c1nnnn1-c1ccccc1. The van der Waals surface area contributed by atoms with Crippen LogP contribution < -0.4 is 0 Å². The Morgan fingerprint density at radius 1 is 1.07 bits per heavy atom. The largest absolute Gasteiger partial charge is 0.249 e. The van der Waals surface area contributed by atoms with E-state index in [0.717, 1.165) is 23.6 Å². The van der Waals surface area contributed by atoms with Crippen molar-refractivity contribution >= 4 is 21.8 Å². The van der Waals surface area contributed by atoms with Crippen molar-refractivity contribution in [1.82, 2.24) is 29.5 Å². The van der Waals surface area contributed by atoms with E-state index in [9.17, 15) is 8.42 Å². The second-order valence-electron chi connectivity index (χ2n) is 6.49. The first kappa shape index (κ1) is 19.0. The maximum atomic E-state index is 12.6. The third-order valence-corrected chi connectivity index (χ3v) is 7.50. The van der Waals surface area contributed by atoms with E-state index in [-0.39, 0.29) is 10.1 Å². The molecule has 1 atom stereocenters. The molecule has 1 aromatic carbocycles. The molecule has 0 bridgehead atoms. The van der Waals surface area contributed by atoms with Crippen LogP contribution in [0.4, 0.5) is 0 Å². The van der Waals surface area contributed by atoms with Gasteiger partial charge in [-0.2, -0.15) is 8.99 Å². The average molecular weight is 417 g/mol. The number of sulfonamides is 1. The summed E-state index contributed by atoms with van der Waals surface area (Å²) in [7, 11) is -3.44. The van der Waals surface area contributed by atoms with Crippen LogP contribution in [0.25, 0.3) is 5.69 Å². The Kier molecular flexibility index (Phi) is 5.42. The number of nitrogens with zero attached hydrogens (tertiary/aromatic N) is 6. The maximum absolute atomic E-state index is 12.6. The summed E-state index contributed by atoms with van der Waals surface area (Å²) < 4.78 is 28.4. The van der Waals surface area contributed by atoms with Crippen LogP contribution in [0.3, 0.4) is 0 Å². The first-order valence-electron chi connectivity index (χ1n) is 9.02. The van der Waals surface area contributed by atoms with Crippen molar-refractivity contribution < 1.29 is 8.42 Å². The molecule has 1 saturated heterocycles. The number of tetrazole rings is 1. The van der Waals surface area contributed by atoms with Crippen molar-refractivity contribution in [2.45, 2.75) is 34.9 Å². The molecule has 1 aliphatic heterocycles. The molecule has 10 heteroatoms. The summed E-state index contributed by atoms with van der Waals surface area (Å²) in [6, 6.07) is 13.0. The molecule has 0 spiro atoms. The standard InChI is InChI=1S/C18H20N6O2S2/c1-14(18-20-21-22-24(18)15-7-3-2-4-8-15)27-17-10-9-16(13-19-17)28(25,26)23-11-5-6-12-23/h2-4,7-10,13-14H,5-6,11-12H2,1H3. The summed E-state index contributed by atoms with van der Waals surface area (Å²) in [5.41, 5.74) is 0.884. The van der Waals surface area contributed by atoms with Crippen LogP contribution in [-0.2, 0) is 10.0 Å². The van der Waals surface area contributed by atoms with E-state index in [1.165, 1.54) is 22.3 Å². The van der Waals surface area contributed by atoms with Crippen LogP contribution in [0, 0.1) is 0 Å². The first-order chi connectivity index (χ1) is 13.6. The highest BCUT2D eigenvalue weighted by molar-refractivity contribution is 7.99. The lowest BCUT2D eigenvalue weighted by Gasteiger charge is -2.15. The van der Waals surface area contributed by atoms with E-state index in [1.54, 1.807) is 16.8 Å². The van der Waals surface area contributed by atoms with E-state index in [1.807, 2.05) is 37.3 Å². The van der Waals surface area contributed by atoms with Gasteiger partial charge < -0.3 is 0 Å². The lowest BCUT2D eigenvalue weighted by Crippen LogP contribution is -2.27. The number of rotatable bonds is 6. The van der Waals surface area contributed by atoms with Crippen molar-refractivity contribution in [3.05, 3.63) is 54.5 Å². The molecule has 0 amide bonds. The summed E-state index contributed by atoms with van der Waals surface area (Å²) in [6.07, 6.45) is 3.26. The molecule has 0 N–H and O–H groups in total. The van der Waals surface area contributed by atoms with Crippen LogP contribution in [0.15, 0.2) is 58.6 Å². The topological polar surface area (TPSA) is 93.9 Å². The van der Waals surface area contributed by atoms with E-state index < -0.39 is 10.0 Å². The van der Waals surface area contributed by atoms with Gasteiger partial charge in [0.2, 0.25) is 10.0 Å². The molecule has 0 saturated carbocycles. The molecule has 1 unspecified atom stereocenters. The fraction of sp³-hybridized carbons (Fsp3) is 0.333. The number of benzene rings is 1. The summed E-state index contributed by atoms with van der Waals surface area (Å²) in [4.78, 5) is 4.58. The normalized spacial score (nSPS) is 16.3. The van der Waals surface area contributed by atoms with Crippen LogP contribution in [0.1, 0.15) is 30.8 Å². The number of para-hydroxylation sites is 1. The van der Waals surface area contributed by atoms with E-state index >= 15 is 0 Å². The Balaban J connectivity index is 1.50. The highest BCUT2D eigenvalue weighted by Gasteiger charge is 2.27. The van der Waals surface area contributed by atoms with Crippen LogP contribution in [0.5, 0.6) is 0 Å². The Morgan fingerprint density at radius 2 is 1.82 bits per heavy atom. The summed E-state index contributed by atoms with van der Waals surface area (Å²) in [6.45, 7) is 3.16. The van der Waals surface area contributed by atoms with Crippen molar-refractivity contribution in [3.8, 4) is 5.69 Å². The second kappa shape index (κ2) is 7.98. The van der Waals surface area contributed by atoms with Crippen molar-refractivity contribution in [2.24, 2.45) is 0 Å². The minimum atomic E-state index is -3.44. The Morgan fingerprint density at radius 3 is 2.50 bits per heavy atom. The molecular weight excluding hydrogens is 396 g/mol. The molecule has 0 aliphatic carbocycles. The van der Waals surface area contributed by atoms with Gasteiger partial charge in [-0.05, 0) is 54.5 Å². The minimum Gasteiger partial charge on any atom is -0.249 e. The maximum Gasteiger partial charge on any atom is 0.244 e. The number of hydrogen-bond donors (Lipinski definition) is 0. The van der Waals surface area contributed by atoms with E-state index in [4.69, 9.17) is 0 Å². The predicted octanol–water partition coefficient (Wildman–Crippen LogP) is 2.70. The van der Waals surface area contributed by atoms with Gasteiger partial charge in [-0.1, -0.05) is 30.0 Å². The molecule has 1 aliphatic rings. The third kappa shape index (κ3) is 3.80. The monoisotopic (exact) mass is 416 g/mol. The molecule has 28 heavy (non-hydrogen) atoms. The fourth-order valence-corrected chi connectivity index (χ4v) is 5.44. The van der Waals surface area contributed by atoms with Crippen molar-refractivity contribution in [2.75, 3.05) is 13.1 Å². The van der Waals surface area contributed by atoms with Crippen LogP contribution >= 0.6 is 11.8 Å². The van der Waals surface area contributed by atoms with Gasteiger partial charge >= 0.3 is 0 Å². The number of pyridine rings is 1. The van der Waals surface area contributed by atoms with Crippen LogP contribution in [-0.4, -0.2) is 51.0 Å². The predicted molar refractivity (Wildman–Crippen MR) is 106 cm³/mol. The summed E-state index contributed by atoms with van der Waals surface area (Å²) in [5.74, 6) is 0.701. The Hall–Kier alpha value is -2.30. The molecule has 146 valence electrons. The Bertz CT molecular complexity index is 1030. The lowest BCUT2D eigenvalue weighted by atomic mass is 10.3. The summed E-state index contributed by atoms with van der Waals surface area (Å²) >= 11 is 1.48. The van der Waals surface area contributed by atoms with Gasteiger partial charge in [-0.25, -0.2) is 13.4 Å². The first-order valence-corrected chi connectivity index (χ1v) is 11.3. The van der Waals surface area contributed by atoms with Gasteiger partial charge in [0.15, 0.2) is 5.82 Å². The zero-order chi connectivity index (χ0) is 19.6. The van der Waals surface area contributed by atoms with Gasteiger partial charge in [0.25, 0.3) is 0 Å². The molecule has 3 aromatic rings. The highest BCUT2D eigenvalue weighted by Crippen LogP contribution is 2.33. The molecule has 3 heterocycles. The van der Waals surface area contributed by atoms with Crippen molar-refractivity contribution in [1.29, 1.82) is 0 Å². The molecule has 1 fully saturated rings. The quantitative estimate of drug-likeness (QED) is 0.570. The van der Waals surface area contributed by atoms with Crippen molar-refractivity contribution in [3.63, 3.8) is 0 Å². The lowest BCUT2D eigenvalue weighted by molar-refractivity contribution is 0.477. The molecule has 2 aromatic heterocycles. The zero-order valence-electron chi connectivity index (χ0n) is 15.3. The van der Waals surface area contributed by atoms with Gasteiger partial charge in [0, 0.05) is 19.3 Å². The minimum absolute atomic E-state index is 0.0660. The van der Waals surface area contributed by atoms with Gasteiger partial charge in [-0.15, -0.1) is 5.10 Å². The fourth-order valence-electron chi connectivity index (χ4n) is 3.10. The number of hydrogen-bond acceptors (Lipinski definition) is 7. The zero-order valence-corrected chi connectivity index (χ0v) is 17.0. The second-order valence-corrected chi connectivity index (χ2v) is 9.79. The van der Waals surface area contributed by atoms with Gasteiger partial charge in [-0.3, -0.25) is 0 Å². The molecule has 0 radical (unpaired) electrons. The van der Waals surface area contributed by atoms with Gasteiger partial charge in [0.05, 0.1) is 16.0 Å². The highest BCUT2D eigenvalue weighted by atomic mass is 32.2. The smallest absolute Gasteiger partial charge is 0.244 e. The van der Waals surface area contributed by atoms with E-state index in [0.29, 0.717) is 18.9 Å². The summed E-state index contributed by atoms with van der Waals surface area (Å²) in [5, 5.41) is 12.7. The van der Waals surface area contributed by atoms with Gasteiger partial charge in [0.1, 0.15) is 4.90 Å². The molecule has 4 rings (SSSR count). The average Bonchev–Trinajstić information content (AvgIpc) is 3.41. The number of thioether (sulfide) groups is 1. The molecular formula is C18H20N6O2S2. The third-order valence-electron chi connectivity index (χ3n) is 4.57. The number of aromatic nitrogens is 5. The van der Waals surface area contributed by atoms with E-state index in [2.05, 4.69) is 20.5 Å².